The molecule has 0 aliphatic carbocycles. The third kappa shape index (κ3) is 3.66. The van der Waals surface area contributed by atoms with E-state index in [1.54, 1.807) is 43.5 Å². The lowest BCUT2D eigenvalue weighted by molar-refractivity contribution is 0.0746. The number of carbonyl (C=O) groups is 1. The first kappa shape index (κ1) is 21.0. The first-order valence-corrected chi connectivity index (χ1v) is 9.87. The fraction of sp³-hybridized carbons (Fsp3) is 0.227. The Labute approximate surface area is 182 Å². The van der Waals surface area contributed by atoms with Crippen LogP contribution in [0.4, 0.5) is 0 Å². The van der Waals surface area contributed by atoms with Crippen molar-refractivity contribution >= 4 is 22.5 Å². The monoisotopic (exact) mass is 435 g/mol. The van der Waals surface area contributed by atoms with Crippen LogP contribution in [0.3, 0.4) is 0 Å². The van der Waals surface area contributed by atoms with Crippen LogP contribution >= 0.6 is 0 Å². The molecule has 32 heavy (non-hydrogen) atoms. The van der Waals surface area contributed by atoms with Gasteiger partial charge in [-0.1, -0.05) is 6.07 Å². The van der Waals surface area contributed by atoms with E-state index in [1.165, 1.54) is 29.7 Å². The van der Waals surface area contributed by atoms with Gasteiger partial charge in [0.05, 0.1) is 31.7 Å². The van der Waals surface area contributed by atoms with E-state index in [1.807, 2.05) is 0 Å². The Morgan fingerprint density at radius 2 is 1.91 bits per heavy atom. The minimum Gasteiger partial charge on any atom is -0.493 e. The van der Waals surface area contributed by atoms with Crippen LogP contribution in [-0.4, -0.2) is 50.9 Å². The number of hydrogen-bond acceptors (Lipinski definition) is 7. The number of fused-ring (bicyclic) bond motifs is 2. The molecule has 1 N–H and O–H groups in total. The standard InChI is InChI=1S/C22H21N5O5/c1-4-26(21(29)14-11-23-19-7-5-6-8-27(19)22(14)30)12-18-24-15-10-17(32-3)16(31-2)9-13(15)20(28)25-18/h5-11H,4,12H2,1-3H3,(H,24,25,28). The summed E-state index contributed by atoms with van der Waals surface area (Å²) in [6, 6.07) is 8.28. The molecule has 10 heteroatoms. The maximum atomic E-state index is 13.1. The molecule has 0 saturated heterocycles. The van der Waals surface area contributed by atoms with Crippen molar-refractivity contribution in [2.75, 3.05) is 20.8 Å². The number of nitrogens with zero attached hydrogens (tertiary/aromatic N) is 4. The summed E-state index contributed by atoms with van der Waals surface area (Å²) in [7, 11) is 2.97. The van der Waals surface area contributed by atoms with Crippen LogP contribution in [0.15, 0.2) is 52.3 Å². The average Bonchev–Trinajstić information content (AvgIpc) is 2.81. The molecule has 0 bridgehead atoms. The Balaban J connectivity index is 1.70. The second-order valence-corrected chi connectivity index (χ2v) is 6.96. The zero-order valence-electron chi connectivity index (χ0n) is 17.8. The Kier molecular flexibility index (Phi) is 5.59. The Hall–Kier alpha value is -4.21. The van der Waals surface area contributed by atoms with Crippen LogP contribution in [0.5, 0.6) is 11.5 Å². The van der Waals surface area contributed by atoms with E-state index < -0.39 is 11.5 Å². The molecule has 1 aromatic carbocycles. The predicted octanol–water partition coefficient (Wildman–Crippen LogP) is 1.61. The number of H-pyrrole nitrogens is 1. The summed E-state index contributed by atoms with van der Waals surface area (Å²) in [5.41, 5.74) is -0.0535. The van der Waals surface area contributed by atoms with Gasteiger partial charge in [0.1, 0.15) is 17.0 Å². The lowest BCUT2D eigenvalue weighted by atomic mass is 10.2. The molecule has 0 aliphatic heterocycles. The molecule has 3 heterocycles. The first-order valence-electron chi connectivity index (χ1n) is 9.87. The topological polar surface area (TPSA) is 119 Å². The second kappa shape index (κ2) is 8.50. The van der Waals surface area contributed by atoms with Gasteiger partial charge in [-0.25, -0.2) is 9.97 Å². The number of aromatic nitrogens is 4. The highest BCUT2D eigenvalue weighted by atomic mass is 16.5. The summed E-state index contributed by atoms with van der Waals surface area (Å²) < 4.78 is 11.8. The van der Waals surface area contributed by atoms with Gasteiger partial charge in [-0.05, 0) is 25.1 Å². The van der Waals surface area contributed by atoms with Crippen molar-refractivity contribution < 1.29 is 14.3 Å². The number of rotatable bonds is 6. The summed E-state index contributed by atoms with van der Waals surface area (Å²) in [5, 5.41) is 0.331. The van der Waals surface area contributed by atoms with Gasteiger partial charge in [0.15, 0.2) is 11.5 Å². The van der Waals surface area contributed by atoms with Crippen molar-refractivity contribution in [3.05, 3.63) is 74.8 Å². The normalized spacial score (nSPS) is 11.0. The number of carbonyl (C=O) groups excluding carboxylic acids is 1. The Bertz CT molecular complexity index is 1440. The van der Waals surface area contributed by atoms with Gasteiger partial charge in [0, 0.05) is 25.0 Å². The molecule has 1 amide bonds. The van der Waals surface area contributed by atoms with E-state index in [0.717, 1.165) is 0 Å². The Morgan fingerprint density at radius 1 is 1.16 bits per heavy atom. The van der Waals surface area contributed by atoms with Gasteiger partial charge >= 0.3 is 0 Å². The number of pyridine rings is 1. The highest BCUT2D eigenvalue weighted by Crippen LogP contribution is 2.29. The van der Waals surface area contributed by atoms with Gasteiger partial charge in [0.25, 0.3) is 17.0 Å². The van der Waals surface area contributed by atoms with Crippen molar-refractivity contribution in [3.63, 3.8) is 0 Å². The van der Waals surface area contributed by atoms with Crippen LogP contribution in [0.2, 0.25) is 0 Å². The molecule has 3 aromatic heterocycles. The fourth-order valence-electron chi connectivity index (χ4n) is 3.44. The predicted molar refractivity (Wildman–Crippen MR) is 117 cm³/mol. The molecule has 4 aromatic rings. The summed E-state index contributed by atoms with van der Waals surface area (Å²) in [6.45, 7) is 2.08. The quantitative estimate of drug-likeness (QED) is 0.489. The van der Waals surface area contributed by atoms with Crippen LogP contribution < -0.4 is 20.6 Å². The summed E-state index contributed by atoms with van der Waals surface area (Å²) in [6.07, 6.45) is 2.83. The van der Waals surface area contributed by atoms with Gasteiger partial charge in [-0.15, -0.1) is 0 Å². The third-order valence-electron chi connectivity index (χ3n) is 5.11. The highest BCUT2D eigenvalue weighted by molar-refractivity contribution is 5.93. The van der Waals surface area contributed by atoms with Crippen LogP contribution in [-0.2, 0) is 6.54 Å². The molecule has 10 nitrogen and oxygen atoms in total. The summed E-state index contributed by atoms with van der Waals surface area (Å²) in [4.78, 5) is 51.3. The second-order valence-electron chi connectivity index (χ2n) is 6.96. The number of hydrogen-bond donors (Lipinski definition) is 1. The van der Waals surface area contributed by atoms with Crippen molar-refractivity contribution in [3.8, 4) is 11.5 Å². The molecule has 0 radical (unpaired) electrons. The molecule has 0 atom stereocenters. The van der Waals surface area contributed by atoms with Crippen molar-refractivity contribution in [2.24, 2.45) is 0 Å². The number of aromatic amines is 1. The highest BCUT2D eigenvalue weighted by Gasteiger charge is 2.21. The maximum absolute atomic E-state index is 13.1. The van der Waals surface area contributed by atoms with E-state index in [-0.39, 0.29) is 23.5 Å². The van der Waals surface area contributed by atoms with E-state index in [4.69, 9.17) is 9.47 Å². The SMILES string of the molecule is CCN(Cc1nc2cc(OC)c(OC)cc2c(=O)[nH]1)C(=O)c1cnc2ccccn2c1=O. The number of amides is 1. The minimum atomic E-state index is -0.502. The number of benzene rings is 1. The van der Waals surface area contributed by atoms with Gasteiger partial charge in [-0.3, -0.25) is 18.8 Å². The molecule has 0 spiro atoms. The van der Waals surface area contributed by atoms with Crippen molar-refractivity contribution in [1.82, 2.24) is 24.3 Å². The zero-order valence-corrected chi connectivity index (χ0v) is 17.8. The molecular formula is C22H21N5O5. The summed E-state index contributed by atoms with van der Waals surface area (Å²) in [5.74, 6) is 0.620. The van der Waals surface area contributed by atoms with Crippen molar-refractivity contribution in [1.29, 1.82) is 0 Å². The first-order chi connectivity index (χ1) is 15.5. The van der Waals surface area contributed by atoms with Crippen molar-refractivity contribution in [2.45, 2.75) is 13.5 Å². The third-order valence-corrected chi connectivity index (χ3v) is 5.11. The average molecular weight is 435 g/mol. The molecule has 4 rings (SSSR count). The molecule has 164 valence electrons. The largest absolute Gasteiger partial charge is 0.493 e. The maximum Gasteiger partial charge on any atom is 0.270 e. The smallest absolute Gasteiger partial charge is 0.270 e. The van der Waals surface area contributed by atoms with Gasteiger partial charge < -0.3 is 19.4 Å². The van der Waals surface area contributed by atoms with Gasteiger partial charge in [-0.2, -0.15) is 0 Å². The molecular weight excluding hydrogens is 414 g/mol. The van der Waals surface area contributed by atoms with Gasteiger partial charge in [0.2, 0.25) is 0 Å². The van der Waals surface area contributed by atoms with Crippen LogP contribution in [0.1, 0.15) is 23.1 Å². The molecule has 0 fully saturated rings. The molecule has 0 unspecified atom stereocenters. The Morgan fingerprint density at radius 3 is 2.62 bits per heavy atom. The van der Waals surface area contributed by atoms with Crippen LogP contribution in [0, 0.1) is 0 Å². The van der Waals surface area contributed by atoms with E-state index in [9.17, 15) is 14.4 Å². The minimum absolute atomic E-state index is 0.00575. The lowest BCUT2D eigenvalue weighted by Gasteiger charge is -2.20. The van der Waals surface area contributed by atoms with Crippen LogP contribution in [0.25, 0.3) is 16.6 Å². The number of nitrogens with one attached hydrogen (secondary N) is 1. The number of methoxy groups -OCH3 is 2. The molecule has 0 aliphatic rings. The van der Waals surface area contributed by atoms with E-state index in [0.29, 0.717) is 34.6 Å². The van der Waals surface area contributed by atoms with E-state index in [2.05, 4.69) is 15.0 Å². The fourth-order valence-corrected chi connectivity index (χ4v) is 3.44. The zero-order chi connectivity index (χ0) is 22.8. The van der Waals surface area contributed by atoms with E-state index >= 15 is 0 Å². The summed E-state index contributed by atoms with van der Waals surface area (Å²) >= 11 is 0. The number of ether oxygens (including phenoxy) is 2. The lowest BCUT2D eigenvalue weighted by Crippen LogP contribution is -2.36. The molecule has 0 saturated carbocycles.